The van der Waals surface area contributed by atoms with E-state index in [0.29, 0.717) is 33.5 Å². The van der Waals surface area contributed by atoms with Gasteiger partial charge in [-0.3, -0.25) is 9.71 Å². The number of anilines is 3. The van der Waals surface area contributed by atoms with Crippen LogP contribution in [0.25, 0.3) is 22.1 Å². The molecular weight excluding hydrogens is 383 g/mol. The molecule has 0 bridgehead atoms. The number of rotatable bonds is 5. The van der Waals surface area contributed by atoms with E-state index in [-0.39, 0.29) is 6.01 Å². The van der Waals surface area contributed by atoms with E-state index in [0.717, 1.165) is 12.5 Å². The lowest BCUT2D eigenvalue weighted by Gasteiger charge is -2.06. The smallest absolute Gasteiger partial charge is 0.299 e. The predicted octanol–water partition coefficient (Wildman–Crippen LogP) is 4.14. The highest BCUT2D eigenvalue weighted by molar-refractivity contribution is 7.92. The highest BCUT2D eigenvalue weighted by Crippen LogP contribution is 2.28. The molecule has 4 aromatic rings. The Bertz CT molecular complexity index is 1270. The standard InChI is InChI=1S/C19H15FN4O3S/c1-28(25,26)24-15-4-2-3-14(8-15)23-19-22-11-18(27-19)12-5-6-13-9-21-10-17(20)16(13)7-12/h2-11,24H,1H3,(H,22,23). The van der Waals surface area contributed by atoms with Gasteiger partial charge in [-0.25, -0.2) is 17.8 Å². The summed E-state index contributed by atoms with van der Waals surface area (Å²) in [5.41, 5.74) is 1.68. The van der Waals surface area contributed by atoms with Gasteiger partial charge < -0.3 is 9.73 Å². The summed E-state index contributed by atoms with van der Waals surface area (Å²) in [5, 5.41) is 4.11. The first-order valence-electron chi connectivity index (χ1n) is 8.22. The minimum Gasteiger partial charge on any atom is -0.423 e. The minimum absolute atomic E-state index is 0.224. The van der Waals surface area contributed by atoms with Gasteiger partial charge in [0.15, 0.2) is 5.76 Å². The maximum absolute atomic E-state index is 14.0. The number of nitrogens with one attached hydrogen (secondary N) is 2. The largest absolute Gasteiger partial charge is 0.423 e. The summed E-state index contributed by atoms with van der Waals surface area (Å²) in [6.45, 7) is 0. The van der Waals surface area contributed by atoms with E-state index in [1.165, 1.54) is 6.20 Å². The van der Waals surface area contributed by atoms with Crippen LogP contribution < -0.4 is 10.0 Å². The topological polar surface area (TPSA) is 97.1 Å². The fraction of sp³-hybridized carbons (Fsp3) is 0.0526. The summed E-state index contributed by atoms with van der Waals surface area (Å²) >= 11 is 0. The first-order chi connectivity index (χ1) is 13.4. The average molecular weight is 398 g/mol. The molecule has 0 saturated carbocycles. The summed E-state index contributed by atoms with van der Waals surface area (Å²) in [6.07, 6.45) is 5.36. The van der Waals surface area contributed by atoms with E-state index in [2.05, 4.69) is 20.0 Å². The molecule has 0 aliphatic heterocycles. The van der Waals surface area contributed by atoms with Crippen molar-refractivity contribution in [2.45, 2.75) is 0 Å². The van der Waals surface area contributed by atoms with Gasteiger partial charge in [-0.05, 0) is 24.3 Å². The Hall–Kier alpha value is -3.46. The monoisotopic (exact) mass is 398 g/mol. The van der Waals surface area contributed by atoms with Crippen LogP contribution in [-0.2, 0) is 10.0 Å². The molecule has 0 saturated heterocycles. The van der Waals surface area contributed by atoms with E-state index < -0.39 is 15.8 Å². The Morgan fingerprint density at radius 1 is 1.04 bits per heavy atom. The van der Waals surface area contributed by atoms with Gasteiger partial charge in [0.1, 0.15) is 5.82 Å². The second-order valence-corrected chi connectivity index (χ2v) is 7.92. The molecule has 2 aromatic heterocycles. The van der Waals surface area contributed by atoms with Crippen LogP contribution in [-0.4, -0.2) is 24.6 Å². The van der Waals surface area contributed by atoms with Gasteiger partial charge in [-0.1, -0.05) is 18.2 Å². The number of aromatic nitrogens is 2. The lowest BCUT2D eigenvalue weighted by molar-refractivity contribution is 0.592. The van der Waals surface area contributed by atoms with Crippen LogP contribution in [0.1, 0.15) is 0 Å². The lowest BCUT2D eigenvalue weighted by atomic mass is 10.1. The molecule has 2 N–H and O–H groups in total. The van der Waals surface area contributed by atoms with Crippen LogP contribution in [0.4, 0.5) is 21.8 Å². The van der Waals surface area contributed by atoms with E-state index in [9.17, 15) is 12.8 Å². The van der Waals surface area contributed by atoms with Gasteiger partial charge >= 0.3 is 0 Å². The molecule has 0 fully saturated rings. The number of benzene rings is 2. The summed E-state index contributed by atoms with van der Waals surface area (Å²) in [4.78, 5) is 8.00. The zero-order valence-electron chi connectivity index (χ0n) is 14.7. The highest BCUT2D eigenvalue weighted by atomic mass is 32.2. The van der Waals surface area contributed by atoms with Crippen molar-refractivity contribution in [2.75, 3.05) is 16.3 Å². The molecule has 0 unspecified atom stereocenters. The van der Waals surface area contributed by atoms with Crippen molar-refractivity contribution >= 4 is 38.2 Å². The third kappa shape index (κ3) is 3.94. The number of nitrogens with zero attached hydrogens (tertiary/aromatic N) is 2. The van der Waals surface area contributed by atoms with Crippen LogP contribution in [0, 0.1) is 5.82 Å². The molecule has 0 aliphatic rings. The van der Waals surface area contributed by atoms with Crippen molar-refractivity contribution < 1.29 is 17.2 Å². The number of hydrogen-bond donors (Lipinski definition) is 2. The van der Waals surface area contributed by atoms with Crippen molar-refractivity contribution in [1.29, 1.82) is 0 Å². The quantitative estimate of drug-likeness (QED) is 0.524. The van der Waals surface area contributed by atoms with Crippen molar-refractivity contribution in [2.24, 2.45) is 0 Å². The first-order valence-corrected chi connectivity index (χ1v) is 10.1. The molecule has 7 nitrogen and oxygen atoms in total. The molecule has 0 atom stereocenters. The normalized spacial score (nSPS) is 11.5. The maximum atomic E-state index is 14.0. The molecule has 28 heavy (non-hydrogen) atoms. The molecule has 2 aromatic carbocycles. The van der Waals surface area contributed by atoms with E-state index >= 15 is 0 Å². The Labute approximate surface area is 160 Å². The summed E-state index contributed by atoms with van der Waals surface area (Å²) in [7, 11) is -3.37. The molecule has 0 amide bonds. The van der Waals surface area contributed by atoms with Crippen molar-refractivity contribution in [3.63, 3.8) is 0 Å². The summed E-state index contributed by atoms with van der Waals surface area (Å²) < 4.78 is 44.8. The first kappa shape index (κ1) is 17.9. The van der Waals surface area contributed by atoms with Crippen LogP contribution in [0.5, 0.6) is 0 Å². The van der Waals surface area contributed by atoms with Crippen LogP contribution >= 0.6 is 0 Å². The van der Waals surface area contributed by atoms with Gasteiger partial charge in [-0.15, -0.1) is 0 Å². The zero-order chi connectivity index (χ0) is 19.7. The number of oxazole rings is 1. The summed E-state index contributed by atoms with van der Waals surface area (Å²) in [5.74, 6) is 0.0541. The van der Waals surface area contributed by atoms with Crippen molar-refractivity contribution in [3.05, 3.63) is 66.9 Å². The molecule has 142 valence electrons. The SMILES string of the molecule is CS(=O)(=O)Nc1cccc(Nc2ncc(-c3ccc4cncc(F)c4c3)o2)c1. The molecule has 4 rings (SSSR count). The lowest BCUT2D eigenvalue weighted by Crippen LogP contribution is -2.09. The molecule has 2 heterocycles. The van der Waals surface area contributed by atoms with Crippen LogP contribution in [0.3, 0.4) is 0 Å². The van der Waals surface area contributed by atoms with Crippen LogP contribution in [0.15, 0.2) is 65.5 Å². The Morgan fingerprint density at radius 3 is 2.68 bits per heavy atom. The van der Waals surface area contributed by atoms with Gasteiger partial charge in [0.25, 0.3) is 6.01 Å². The van der Waals surface area contributed by atoms with Crippen molar-refractivity contribution in [3.8, 4) is 11.3 Å². The Kier molecular flexibility index (Phi) is 4.44. The van der Waals surface area contributed by atoms with Crippen LogP contribution in [0.2, 0.25) is 0 Å². The second-order valence-electron chi connectivity index (χ2n) is 6.17. The van der Waals surface area contributed by atoms with Gasteiger partial charge in [0, 0.05) is 28.2 Å². The van der Waals surface area contributed by atoms with Gasteiger partial charge in [0.2, 0.25) is 10.0 Å². The van der Waals surface area contributed by atoms with E-state index in [1.807, 2.05) is 0 Å². The number of halogens is 1. The minimum atomic E-state index is -3.37. The fourth-order valence-electron chi connectivity index (χ4n) is 2.74. The second kappa shape index (κ2) is 6.93. The van der Waals surface area contributed by atoms with Crippen molar-refractivity contribution in [1.82, 2.24) is 9.97 Å². The van der Waals surface area contributed by atoms with Gasteiger partial charge in [0.05, 0.1) is 24.3 Å². The third-order valence-electron chi connectivity index (χ3n) is 3.92. The molecule has 0 spiro atoms. The Balaban J connectivity index is 1.59. The number of sulfonamides is 1. The van der Waals surface area contributed by atoms with E-state index in [4.69, 9.17) is 4.42 Å². The highest BCUT2D eigenvalue weighted by Gasteiger charge is 2.10. The number of fused-ring (bicyclic) bond motifs is 1. The molecule has 9 heteroatoms. The summed E-state index contributed by atoms with van der Waals surface area (Å²) in [6, 6.07) is 12.1. The van der Waals surface area contributed by atoms with Gasteiger partial charge in [-0.2, -0.15) is 0 Å². The average Bonchev–Trinajstić information content (AvgIpc) is 3.09. The van der Waals surface area contributed by atoms with E-state index in [1.54, 1.807) is 48.7 Å². The molecular formula is C19H15FN4O3S. The Morgan fingerprint density at radius 2 is 1.86 bits per heavy atom. The molecule has 0 radical (unpaired) electrons. The fourth-order valence-corrected chi connectivity index (χ4v) is 3.30. The maximum Gasteiger partial charge on any atom is 0.299 e. The zero-order valence-corrected chi connectivity index (χ0v) is 15.5. The molecule has 0 aliphatic carbocycles. The third-order valence-corrected chi connectivity index (χ3v) is 4.53. The number of pyridine rings is 1. The predicted molar refractivity (Wildman–Crippen MR) is 105 cm³/mol. The number of hydrogen-bond acceptors (Lipinski definition) is 6.